The molecule has 3 N–H and O–H groups in total. The number of halogens is 1. The van der Waals surface area contributed by atoms with Crippen LogP contribution >= 0.6 is 11.6 Å². The van der Waals surface area contributed by atoms with Crippen molar-refractivity contribution >= 4 is 17.4 Å². The Hall–Kier alpha value is -3.29. The van der Waals surface area contributed by atoms with Gasteiger partial charge in [0.1, 0.15) is 23.1 Å². The second-order valence-corrected chi connectivity index (χ2v) is 8.96. The first-order valence-corrected chi connectivity index (χ1v) is 11.3. The Kier molecular flexibility index (Phi) is 5.38. The molecule has 2 heterocycles. The molecule has 0 fully saturated rings. The number of nitrogens with zero attached hydrogens (tertiary/aromatic N) is 4. The van der Waals surface area contributed by atoms with Gasteiger partial charge >= 0.3 is 0 Å². The highest BCUT2D eigenvalue weighted by atomic mass is 35.5. The molecule has 2 atom stereocenters. The molecule has 0 amide bonds. The zero-order valence-electron chi connectivity index (χ0n) is 18.9. The molecule has 170 valence electrons. The number of rotatable bonds is 5. The van der Waals surface area contributed by atoms with Crippen LogP contribution in [0.3, 0.4) is 0 Å². The van der Waals surface area contributed by atoms with Gasteiger partial charge in [-0.3, -0.25) is 4.90 Å². The van der Waals surface area contributed by atoms with Gasteiger partial charge in [0.25, 0.3) is 0 Å². The van der Waals surface area contributed by atoms with Gasteiger partial charge in [0.15, 0.2) is 0 Å². The zero-order valence-corrected chi connectivity index (χ0v) is 19.7. The van der Waals surface area contributed by atoms with Crippen molar-refractivity contribution in [2.75, 3.05) is 21.2 Å². The second kappa shape index (κ2) is 8.24. The molecule has 1 aliphatic carbocycles. The van der Waals surface area contributed by atoms with Crippen LogP contribution in [0.5, 0.6) is 5.75 Å². The molecule has 0 bridgehead atoms. The van der Waals surface area contributed by atoms with E-state index in [2.05, 4.69) is 34.6 Å². The minimum Gasteiger partial charge on any atom is -0.495 e. The van der Waals surface area contributed by atoms with Gasteiger partial charge in [0.05, 0.1) is 12.8 Å². The molecule has 0 spiro atoms. The number of allylic oxidation sites excluding steroid dienone is 1. The van der Waals surface area contributed by atoms with Crippen molar-refractivity contribution in [3.05, 3.63) is 88.6 Å². The van der Waals surface area contributed by atoms with E-state index in [-0.39, 0.29) is 5.92 Å². The van der Waals surface area contributed by atoms with Gasteiger partial charge < -0.3 is 20.4 Å². The first-order valence-electron chi connectivity index (χ1n) is 10.9. The number of hydrogen-bond acceptors (Lipinski definition) is 6. The summed E-state index contributed by atoms with van der Waals surface area (Å²) in [7, 11) is 5.65. The largest absolute Gasteiger partial charge is 0.495 e. The van der Waals surface area contributed by atoms with Gasteiger partial charge in [0, 0.05) is 28.9 Å². The van der Waals surface area contributed by atoms with Gasteiger partial charge in [-0.25, -0.2) is 9.98 Å². The Morgan fingerprint density at radius 2 is 2.00 bits per heavy atom. The third-order valence-electron chi connectivity index (χ3n) is 6.52. The van der Waals surface area contributed by atoms with Crippen molar-refractivity contribution in [2.45, 2.75) is 24.5 Å². The SMILES string of the molecule is COc1cc(C2(N(C)C)N=C(N)C3=C(N2)C(c2ccccc2)CC3)ccc1-n1cnc(Cl)c1. The summed E-state index contributed by atoms with van der Waals surface area (Å²) in [6.07, 6.45) is 5.32. The number of aliphatic imine (C=N–C) groups is 1. The average Bonchev–Trinajstić information content (AvgIpc) is 3.45. The van der Waals surface area contributed by atoms with Crippen LogP contribution in [0.1, 0.15) is 29.9 Å². The van der Waals surface area contributed by atoms with Crippen LogP contribution in [-0.4, -0.2) is 41.5 Å². The fourth-order valence-electron chi connectivity index (χ4n) is 4.83. The molecule has 2 aliphatic rings. The zero-order chi connectivity index (χ0) is 23.2. The molecule has 0 saturated carbocycles. The van der Waals surface area contributed by atoms with Crippen LogP contribution in [0.15, 0.2) is 77.3 Å². The van der Waals surface area contributed by atoms with Gasteiger partial charge in [0.2, 0.25) is 5.79 Å². The maximum Gasteiger partial charge on any atom is 0.215 e. The number of imidazole rings is 1. The summed E-state index contributed by atoms with van der Waals surface area (Å²) in [5, 5.41) is 4.20. The standard InChI is InChI=1S/C25H27ClN6O/c1-31(2)25(17-9-12-20(21(13-17)33-3)32-14-22(26)28-15-32)29-23-18(16-7-5-4-6-8-16)10-11-19(23)24(27)30-25/h4-9,12-15,18,29H,10-11H2,1-3H3,(H2,27,30). The van der Waals surface area contributed by atoms with E-state index in [1.165, 1.54) is 5.56 Å². The maximum absolute atomic E-state index is 6.57. The van der Waals surface area contributed by atoms with E-state index in [0.717, 1.165) is 35.4 Å². The number of amidine groups is 1. The Morgan fingerprint density at radius 3 is 2.67 bits per heavy atom. The lowest BCUT2D eigenvalue weighted by Crippen LogP contribution is -2.55. The monoisotopic (exact) mass is 462 g/mol. The van der Waals surface area contributed by atoms with Crippen molar-refractivity contribution in [3.63, 3.8) is 0 Å². The molecule has 33 heavy (non-hydrogen) atoms. The van der Waals surface area contributed by atoms with Crippen molar-refractivity contribution in [1.82, 2.24) is 19.8 Å². The van der Waals surface area contributed by atoms with Gasteiger partial charge in [-0.15, -0.1) is 0 Å². The van der Waals surface area contributed by atoms with Gasteiger partial charge in [-0.2, -0.15) is 0 Å². The number of benzene rings is 2. The lowest BCUT2D eigenvalue weighted by atomic mass is 9.94. The molecule has 5 rings (SSSR count). The molecule has 3 aromatic rings. The van der Waals surface area contributed by atoms with Gasteiger partial charge in [-0.1, -0.05) is 48.0 Å². The van der Waals surface area contributed by atoms with E-state index < -0.39 is 5.79 Å². The third kappa shape index (κ3) is 3.57. The predicted molar refractivity (Wildman–Crippen MR) is 131 cm³/mol. The molecule has 8 heteroatoms. The minimum absolute atomic E-state index is 0.254. The number of aromatic nitrogens is 2. The van der Waals surface area contributed by atoms with Gasteiger partial charge in [-0.05, 0) is 44.6 Å². The molecule has 1 aromatic heterocycles. The lowest BCUT2D eigenvalue weighted by Gasteiger charge is -2.42. The van der Waals surface area contributed by atoms with Crippen LogP contribution in [0.2, 0.25) is 5.15 Å². The molecule has 0 saturated heterocycles. The molecular weight excluding hydrogens is 436 g/mol. The lowest BCUT2D eigenvalue weighted by molar-refractivity contribution is 0.125. The fourth-order valence-corrected chi connectivity index (χ4v) is 4.98. The summed E-state index contributed by atoms with van der Waals surface area (Å²) in [4.78, 5) is 11.2. The first-order chi connectivity index (χ1) is 15.9. The molecule has 0 radical (unpaired) electrons. The van der Waals surface area contributed by atoms with E-state index in [4.69, 9.17) is 27.1 Å². The quantitative estimate of drug-likeness (QED) is 0.599. The van der Waals surface area contributed by atoms with Crippen molar-refractivity contribution in [3.8, 4) is 11.4 Å². The molecule has 7 nitrogen and oxygen atoms in total. The normalized spacial score (nSPS) is 22.2. The van der Waals surface area contributed by atoms with Crippen LogP contribution in [0.4, 0.5) is 0 Å². The molecule has 2 aromatic carbocycles. The highest BCUT2D eigenvalue weighted by Gasteiger charge is 2.43. The van der Waals surface area contributed by atoms with E-state index in [0.29, 0.717) is 16.7 Å². The highest BCUT2D eigenvalue weighted by Crippen LogP contribution is 2.44. The van der Waals surface area contributed by atoms with E-state index >= 15 is 0 Å². The summed E-state index contributed by atoms with van der Waals surface area (Å²) < 4.78 is 7.57. The van der Waals surface area contributed by atoms with E-state index in [1.54, 1.807) is 19.6 Å². The van der Waals surface area contributed by atoms with Crippen LogP contribution in [-0.2, 0) is 5.79 Å². The summed E-state index contributed by atoms with van der Waals surface area (Å²) in [6.45, 7) is 0. The van der Waals surface area contributed by atoms with Crippen molar-refractivity contribution in [2.24, 2.45) is 10.7 Å². The van der Waals surface area contributed by atoms with Crippen LogP contribution in [0, 0.1) is 0 Å². The van der Waals surface area contributed by atoms with Crippen molar-refractivity contribution in [1.29, 1.82) is 0 Å². The van der Waals surface area contributed by atoms with E-state index in [9.17, 15) is 0 Å². The van der Waals surface area contributed by atoms with Crippen LogP contribution in [0.25, 0.3) is 5.69 Å². The molecular formula is C25H27ClN6O. The minimum atomic E-state index is -0.862. The number of nitrogens with two attached hydrogens (primary N) is 1. The number of hydrogen-bond donors (Lipinski definition) is 2. The van der Waals surface area contributed by atoms with Crippen molar-refractivity contribution < 1.29 is 4.74 Å². The second-order valence-electron chi connectivity index (χ2n) is 8.57. The summed E-state index contributed by atoms with van der Waals surface area (Å²) in [5.41, 5.74) is 11.9. The maximum atomic E-state index is 6.57. The average molecular weight is 463 g/mol. The summed E-state index contributed by atoms with van der Waals surface area (Å²) in [6, 6.07) is 16.6. The van der Waals surface area contributed by atoms with Crippen LogP contribution < -0.4 is 15.8 Å². The summed E-state index contributed by atoms with van der Waals surface area (Å²) in [5.74, 6) is 0.659. The molecule has 1 aliphatic heterocycles. The topological polar surface area (TPSA) is 80.7 Å². The Balaban J connectivity index is 1.59. The fraction of sp³-hybridized carbons (Fsp3) is 0.280. The Morgan fingerprint density at radius 1 is 1.21 bits per heavy atom. The third-order valence-corrected chi connectivity index (χ3v) is 6.71. The predicted octanol–water partition coefficient (Wildman–Crippen LogP) is 4.00. The van der Waals surface area contributed by atoms with E-state index in [1.807, 2.05) is 47.8 Å². The number of ether oxygens (including phenoxy) is 1. The smallest absolute Gasteiger partial charge is 0.215 e. The Labute approximate surface area is 198 Å². The Bertz CT molecular complexity index is 1250. The molecule has 2 unspecified atom stereocenters. The summed E-state index contributed by atoms with van der Waals surface area (Å²) >= 11 is 6.03. The number of nitrogens with one attached hydrogen (secondary N) is 1. The highest BCUT2D eigenvalue weighted by molar-refractivity contribution is 6.29. The number of methoxy groups -OCH3 is 1. The first kappa shape index (κ1) is 21.6.